The van der Waals surface area contributed by atoms with Gasteiger partial charge in [-0.25, -0.2) is 0 Å². The van der Waals surface area contributed by atoms with Crippen molar-refractivity contribution in [1.29, 1.82) is 0 Å². The Labute approximate surface area is 80.4 Å². The molecule has 0 saturated carbocycles. The Morgan fingerprint density at radius 1 is 1.38 bits per heavy atom. The van der Waals surface area contributed by atoms with Crippen LogP contribution in [0.1, 0.15) is 31.9 Å². The highest BCUT2D eigenvalue weighted by atomic mass is 16.3. The number of benzene rings is 1. The zero-order valence-electron chi connectivity index (χ0n) is 8.20. The summed E-state index contributed by atoms with van der Waals surface area (Å²) in [6.07, 6.45) is 5.09. The number of hydrogen-bond acceptors (Lipinski definition) is 1. The minimum absolute atomic E-state index is 0.291. The van der Waals surface area contributed by atoms with Crippen LogP contribution in [0.3, 0.4) is 0 Å². The molecular weight excluding hydrogens is 160 g/mol. The highest BCUT2D eigenvalue weighted by Crippen LogP contribution is 2.14. The maximum absolute atomic E-state index is 9.33. The summed E-state index contributed by atoms with van der Waals surface area (Å²) in [4.78, 5) is 0. The van der Waals surface area contributed by atoms with E-state index in [1.54, 1.807) is 6.92 Å². The number of aliphatic hydroxyl groups is 1. The number of terminal acetylenes is 1. The van der Waals surface area contributed by atoms with Gasteiger partial charge in [-0.05, 0) is 18.9 Å². The normalized spacial score (nSPS) is 10.6. The molecule has 0 aromatic heterocycles. The van der Waals surface area contributed by atoms with Crippen molar-refractivity contribution in [1.82, 2.24) is 0 Å². The first-order valence-electron chi connectivity index (χ1n) is 4.36. The minimum Gasteiger partial charge on any atom is -0.388 e. The van der Waals surface area contributed by atoms with E-state index in [0.717, 1.165) is 12.0 Å². The fraction of sp³-hybridized carbons (Fsp3) is 0.333. The Morgan fingerprint density at radius 2 is 1.85 bits per heavy atom. The highest BCUT2D eigenvalue weighted by molar-refractivity contribution is 5.16. The molecule has 0 bridgehead atoms. The average Bonchev–Trinajstić information content (AvgIpc) is 2.19. The third kappa shape index (κ3) is 5.05. The first kappa shape index (κ1) is 11.7. The topological polar surface area (TPSA) is 20.2 Å². The Balaban J connectivity index is 0.000000424. The van der Waals surface area contributed by atoms with Crippen LogP contribution in [0, 0.1) is 12.3 Å². The summed E-state index contributed by atoms with van der Waals surface area (Å²) < 4.78 is 0. The summed E-state index contributed by atoms with van der Waals surface area (Å²) in [5.74, 6) is 2.25. The molecule has 0 aliphatic rings. The van der Waals surface area contributed by atoms with E-state index in [2.05, 4.69) is 12.3 Å². The van der Waals surface area contributed by atoms with Crippen LogP contribution in [0.2, 0.25) is 0 Å². The smallest absolute Gasteiger partial charge is 0.0787 e. The molecule has 1 aromatic rings. The summed E-state index contributed by atoms with van der Waals surface area (Å²) in [6, 6.07) is 9.70. The molecule has 1 rings (SSSR count). The van der Waals surface area contributed by atoms with Gasteiger partial charge in [0.2, 0.25) is 0 Å². The molecule has 0 amide bonds. The zero-order chi connectivity index (χ0) is 10.1. The first-order valence-corrected chi connectivity index (χ1v) is 4.36. The second kappa shape index (κ2) is 7.39. The van der Waals surface area contributed by atoms with Crippen LogP contribution in [-0.4, -0.2) is 5.11 Å². The minimum atomic E-state index is -0.291. The van der Waals surface area contributed by atoms with Gasteiger partial charge in [-0.3, -0.25) is 0 Å². The monoisotopic (exact) mass is 176 g/mol. The summed E-state index contributed by atoms with van der Waals surface area (Å²) in [7, 11) is 0. The standard InChI is InChI=1S/C9H12O.C3H4/c1-2-9(10)8-6-4-3-5-7-8;1-3-2/h3-7,9-10H,2H2,1H3;1H,2H3. The van der Waals surface area contributed by atoms with Crippen molar-refractivity contribution in [2.75, 3.05) is 0 Å². The van der Waals surface area contributed by atoms with Gasteiger partial charge in [0.1, 0.15) is 0 Å². The van der Waals surface area contributed by atoms with Crippen molar-refractivity contribution < 1.29 is 5.11 Å². The van der Waals surface area contributed by atoms with Crippen LogP contribution < -0.4 is 0 Å². The van der Waals surface area contributed by atoms with Gasteiger partial charge in [-0.1, -0.05) is 37.3 Å². The molecule has 0 aliphatic carbocycles. The van der Waals surface area contributed by atoms with Crippen LogP contribution in [0.15, 0.2) is 30.3 Å². The van der Waals surface area contributed by atoms with E-state index in [1.807, 2.05) is 37.3 Å². The highest BCUT2D eigenvalue weighted by Gasteiger charge is 2.00. The second-order valence-electron chi connectivity index (χ2n) is 2.62. The SMILES string of the molecule is C#CC.CCC(O)c1ccccc1. The molecule has 0 radical (unpaired) electrons. The molecule has 1 atom stereocenters. The third-order valence-electron chi connectivity index (χ3n) is 1.57. The average molecular weight is 176 g/mol. The van der Waals surface area contributed by atoms with E-state index in [4.69, 9.17) is 0 Å². The molecule has 0 spiro atoms. The summed E-state index contributed by atoms with van der Waals surface area (Å²) in [6.45, 7) is 3.62. The van der Waals surface area contributed by atoms with E-state index in [-0.39, 0.29) is 6.10 Å². The van der Waals surface area contributed by atoms with Crippen LogP contribution in [0.5, 0.6) is 0 Å². The molecule has 0 saturated heterocycles. The maximum atomic E-state index is 9.33. The van der Waals surface area contributed by atoms with Gasteiger partial charge < -0.3 is 5.11 Å². The van der Waals surface area contributed by atoms with Crippen molar-refractivity contribution in [2.24, 2.45) is 0 Å². The molecule has 0 fully saturated rings. The van der Waals surface area contributed by atoms with Crippen molar-refractivity contribution in [3.63, 3.8) is 0 Å². The lowest BCUT2D eigenvalue weighted by molar-refractivity contribution is 0.173. The molecule has 13 heavy (non-hydrogen) atoms. The van der Waals surface area contributed by atoms with Gasteiger partial charge in [-0.2, -0.15) is 0 Å². The lowest BCUT2D eigenvalue weighted by Gasteiger charge is -2.05. The third-order valence-corrected chi connectivity index (χ3v) is 1.57. The summed E-state index contributed by atoms with van der Waals surface area (Å²) in [5.41, 5.74) is 1.00. The zero-order valence-corrected chi connectivity index (χ0v) is 8.20. The molecule has 0 aliphatic heterocycles. The van der Waals surface area contributed by atoms with Crippen molar-refractivity contribution in [3.8, 4) is 12.3 Å². The van der Waals surface area contributed by atoms with Gasteiger partial charge in [0.25, 0.3) is 0 Å². The molecular formula is C12H16O. The first-order chi connectivity index (χ1) is 6.26. The Kier molecular flexibility index (Phi) is 6.68. The van der Waals surface area contributed by atoms with Crippen LogP contribution in [0.4, 0.5) is 0 Å². The molecule has 1 unspecified atom stereocenters. The lowest BCUT2D eigenvalue weighted by atomic mass is 10.1. The molecule has 0 heterocycles. The molecule has 1 aromatic carbocycles. The predicted octanol–water partition coefficient (Wildman–Crippen LogP) is 2.77. The second-order valence-corrected chi connectivity index (χ2v) is 2.62. The Hall–Kier alpha value is -1.26. The van der Waals surface area contributed by atoms with Crippen molar-refractivity contribution in [3.05, 3.63) is 35.9 Å². The van der Waals surface area contributed by atoms with E-state index in [1.165, 1.54) is 0 Å². The van der Waals surface area contributed by atoms with Crippen LogP contribution >= 0.6 is 0 Å². The number of rotatable bonds is 2. The Bertz CT molecular complexity index is 246. The fourth-order valence-corrected chi connectivity index (χ4v) is 0.911. The lowest BCUT2D eigenvalue weighted by Crippen LogP contribution is -1.93. The molecule has 1 nitrogen and oxygen atoms in total. The van der Waals surface area contributed by atoms with Gasteiger partial charge in [0.15, 0.2) is 0 Å². The maximum Gasteiger partial charge on any atom is 0.0787 e. The van der Waals surface area contributed by atoms with E-state index < -0.39 is 0 Å². The molecule has 1 N–H and O–H groups in total. The van der Waals surface area contributed by atoms with Crippen LogP contribution in [0.25, 0.3) is 0 Å². The van der Waals surface area contributed by atoms with Gasteiger partial charge in [0, 0.05) is 0 Å². The van der Waals surface area contributed by atoms with E-state index >= 15 is 0 Å². The number of aliphatic hydroxyl groups excluding tert-OH is 1. The van der Waals surface area contributed by atoms with Crippen LogP contribution in [-0.2, 0) is 0 Å². The van der Waals surface area contributed by atoms with Gasteiger partial charge >= 0.3 is 0 Å². The van der Waals surface area contributed by atoms with Gasteiger partial charge in [0.05, 0.1) is 6.10 Å². The van der Waals surface area contributed by atoms with E-state index in [9.17, 15) is 5.11 Å². The largest absolute Gasteiger partial charge is 0.388 e. The van der Waals surface area contributed by atoms with Gasteiger partial charge in [-0.15, -0.1) is 12.3 Å². The fourth-order valence-electron chi connectivity index (χ4n) is 0.911. The quantitative estimate of drug-likeness (QED) is 0.687. The number of hydrogen-bond donors (Lipinski definition) is 1. The molecule has 1 heteroatoms. The predicted molar refractivity (Wildman–Crippen MR) is 56.2 cm³/mol. The summed E-state index contributed by atoms with van der Waals surface area (Å²) in [5, 5.41) is 9.33. The molecule has 70 valence electrons. The van der Waals surface area contributed by atoms with E-state index in [0.29, 0.717) is 0 Å². The van der Waals surface area contributed by atoms with Crippen molar-refractivity contribution in [2.45, 2.75) is 26.4 Å². The van der Waals surface area contributed by atoms with Crippen molar-refractivity contribution >= 4 is 0 Å². The Morgan fingerprint density at radius 3 is 2.23 bits per heavy atom. The summed E-state index contributed by atoms with van der Waals surface area (Å²) >= 11 is 0.